The summed E-state index contributed by atoms with van der Waals surface area (Å²) in [5, 5.41) is 1.08. The first-order valence-electron chi connectivity index (χ1n) is 5.62. The van der Waals surface area contributed by atoms with Crippen molar-refractivity contribution in [1.29, 1.82) is 0 Å². The van der Waals surface area contributed by atoms with Crippen LogP contribution >= 0.6 is 11.3 Å². The zero-order valence-electron chi connectivity index (χ0n) is 10.1. The van der Waals surface area contributed by atoms with E-state index in [1.807, 2.05) is 18.3 Å². The highest BCUT2D eigenvalue weighted by atomic mass is 32.1. The lowest BCUT2D eigenvalue weighted by Crippen LogP contribution is -1.92. The van der Waals surface area contributed by atoms with Crippen molar-refractivity contribution in [1.82, 2.24) is 4.98 Å². The molecule has 1 aromatic carbocycles. The Morgan fingerprint density at radius 1 is 1.35 bits per heavy atom. The molecule has 0 N–H and O–H groups in total. The fourth-order valence-corrected chi connectivity index (χ4v) is 2.74. The maximum atomic E-state index is 11.0. The van der Waals surface area contributed by atoms with E-state index in [9.17, 15) is 4.79 Å². The van der Waals surface area contributed by atoms with E-state index < -0.39 is 0 Å². The Hall–Kier alpha value is -1.48. The molecule has 2 rings (SSSR count). The second-order valence-electron chi connectivity index (χ2n) is 4.20. The van der Waals surface area contributed by atoms with Gasteiger partial charge in [-0.15, -0.1) is 11.3 Å². The SMILES string of the molecule is CC(=O)Cc1cnc(Cc2ccccc2C)s1. The van der Waals surface area contributed by atoms with E-state index in [0.29, 0.717) is 6.42 Å². The predicted molar refractivity (Wildman–Crippen MR) is 70.5 cm³/mol. The number of aryl methyl sites for hydroxylation is 1. The minimum absolute atomic E-state index is 0.191. The Morgan fingerprint density at radius 3 is 2.82 bits per heavy atom. The van der Waals surface area contributed by atoms with Crippen molar-refractivity contribution in [2.45, 2.75) is 26.7 Å². The van der Waals surface area contributed by atoms with Gasteiger partial charge in [0, 0.05) is 23.9 Å². The molecule has 2 aromatic rings. The summed E-state index contributed by atoms with van der Waals surface area (Å²) in [5.74, 6) is 0.191. The number of ketones is 1. The van der Waals surface area contributed by atoms with Crippen LogP contribution in [0.3, 0.4) is 0 Å². The van der Waals surface area contributed by atoms with Gasteiger partial charge in [-0.25, -0.2) is 4.98 Å². The van der Waals surface area contributed by atoms with Crippen LogP contribution in [0.1, 0.15) is 27.9 Å². The van der Waals surface area contributed by atoms with Gasteiger partial charge in [-0.2, -0.15) is 0 Å². The number of aromatic nitrogens is 1. The molecule has 3 heteroatoms. The summed E-state index contributed by atoms with van der Waals surface area (Å²) in [7, 11) is 0. The lowest BCUT2D eigenvalue weighted by atomic mass is 10.1. The number of rotatable bonds is 4. The van der Waals surface area contributed by atoms with Crippen LogP contribution < -0.4 is 0 Å². The fraction of sp³-hybridized carbons (Fsp3) is 0.286. The molecule has 0 aliphatic heterocycles. The van der Waals surface area contributed by atoms with Crippen molar-refractivity contribution >= 4 is 17.1 Å². The molecule has 0 spiro atoms. The van der Waals surface area contributed by atoms with Crippen LogP contribution in [0.2, 0.25) is 0 Å². The number of carbonyl (C=O) groups excluding carboxylic acids is 1. The van der Waals surface area contributed by atoms with Gasteiger partial charge in [0.15, 0.2) is 0 Å². The average molecular weight is 245 g/mol. The summed E-state index contributed by atoms with van der Waals surface area (Å²) in [6, 6.07) is 8.33. The van der Waals surface area contributed by atoms with E-state index in [1.54, 1.807) is 18.3 Å². The first-order valence-corrected chi connectivity index (χ1v) is 6.44. The van der Waals surface area contributed by atoms with Crippen LogP contribution in [-0.2, 0) is 17.6 Å². The molecular weight excluding hydrogens is 230 g/mol. The Balaban J connectivity index is 2.12. The molecule has 1 aromatic heterocycles. The van der Waals surface area contributed by atoms with Gasteiger partial charge in [0.1, 0.15) is 5.78 Å². The van der Waals surface area contributed by atoms with Gasteiger partial charge in [0.2, 0.25) is 0 Å². The summed E-state index contributed by atoms with van der Waals surface area (Å²) in [6.45, 7) is 3.72. The average Bonchev–Trinajstić information content (AvgIpc) is 2.68. The molecule has 17 heavy (non-hydrogen) atoms. The minimum atomic E-state index is 0.191. The van der Waals surface area contributed by atoms with Crippen LogP contribution in [0, 0.1) is 6.92 Å². The monoisotopic (exact) mass is 245 g/mol. The normalized spacial score (nSPS) is 10.5. The molecule has 1 heterocycles. The Labute approximate surface area is 105 Å². The van der Waals surface area contributed by atoms with Gasteiger partial charge in [-0.05, 0) is 25.0 Å². The molecule has 2 nitrogen and oxygen atoms in total. The Bertz CT molecular complexity index is 531. The number of Topliss-reactive ketones (excluding diaryl/α,β-unsaturated/α-hetero) is 1. The second kappa shape index (κ2) is 5.23. The van der Waals surface area contributed by atoms with Crippen LogP contribution in [0.15, 0.2) is 30.5 Å². The highest BCUT2D eigenvalue weighted by Crippen LogP contribution is 2.19. The van der Waals surface area contributed by atoms with Crippen molar-refractivity contribution in [2.75, 3.05) is 0 Å². The number of carbonyl (C=O) groups is 1. The third-order valence-corrected chi connectivity index (χ3v) is 3.62. The number of thiazole rings is 1. The van der Waals surface area contributed by atoms with Crippen molar-refractivity contribution < 1.29 is 4.79 Å². The molecule has 0 bridgehead atoms. The molecule has 0 unspecified atom stereocenters. The molecule has 0 fully saturated rings. The van der Waals surface area contributed by atoms with Gasteiger partial charge in [-0.1, -0.05) is 24.3 Å². The maximum Gasteiger partial charge on any atom is 0.135 e. The van der Waals surface area contributed by atoms with Crippen LogP contribution in [0.25, 0.3) is 0 Å². The lowest BCUT2D eigenvalue weighted by Gasteiger charge is -2.01. The minimum Gasteiger partial charge on any atom is -0.300 e. The maximum absolute atomic E-state index is 11.0. The molecule has 88 valence electrons. The fourth-order valence-electron chi connectivity index (χ4n) is 1.73. The van der Waals surface area contributed by atoms with E-state index >= 15 is 0 Å². The molecule has 0 aliphatic rings. The van der Waals surface area contributed by atoms with Gasteiger partial charge in [-0.3, -0.25) is 4.79 Å². The van der Waals surface area contributed by atoms with Gasteiger partial charge in [0.25, 0.3) is 0 Å². The van der Waals surface area contributed by atoms with Crippen LogP contribution in [0.4, 0.5) is 0 Å². The van der Waals surface area contributed by atoms with Gasteiger partial charge in [0.05, 0.1) is 5.01 Å². The van der Waals surface area contributed by atoms with Crippen molar-refractivity contribution in [3.05, 3.63) is 51.5 Å². The first kappa shape index (κ1) is 12.0. The number of hydrogen-bond acceptors (Lipinski definition) is 3. The summed E-state index contributed by atoms with van der Waals surface area (Å²) >= 11 is 1.63. The van der Waals surface area contributed by atoms with E-state index in [2.05, 4.69) is 24.0 Å². The smallest absolute Gasteiger partial charge is 0.135 e. The summed E-state index contributed by atoms with van der Waals surface area (Å²) in [4.78, 5) is 16.4. The highest BCUT2D eigenvalue weighted by Gasteiger charge is 2.06. The Kier molecular flexibility index (Phi) is 3.69. The molecule has 0 saturated carbocycles. The Morgan fingerprint density at radius 2 is 2.12 bits per heavy atom. The predicted octanol–water partition coefficient (Wildman–Crippen LogP) is 3.17. The van der Waals surface area contributed by atoms with Crippen molar-refractivity contribution in [3.8, 4) is 0 Å². The molecule has 0 aliphatic carbocycles. The largest absolute Gasteiger partial charge is 0.300 e. The third kappa shape index (κ3) is 3.24. The summed E-state index contributed by atoms with van der Waals surface area (Å²) < 4.78 is 0. The lowest BCUT2D eigenvalue weighted by molar-refractivity contribution is -0.116. The van der Waals surface area contributed by atoms with E-state index in [0.717, 1.165) is 16.3 Å². The van der Waals surface area contributed by atoms with E-state index in [1.165, 1.54) is 11.1 Å². The number of nitrogens with zero attached hydrogens (tertiary/aromatic N) is 1. The van der Waals surface area contributed by atoms with Crippen molar-refractivity contribution in [3.63, 3.8) is 0 Å². The topological polar surface area (TPSA) is 30.0 Å². The second-order valence-corrected chi connectivity index (χ2v) is 5.40. The standard InChI is InChI=1S/C14H15NOS/c1-10-5-3-4-6-12(10)8-14-15-9-13(17-14)7-11(2)16/h3-6,9H,7-8H2,1-2H3. The molecule has 0 amide bonds. The van der Waals surface area contributed by atoms with Crippen LogP contribution in [0.5, 0.6) is 0 Å². The van der Waals surface area contributed by atoms with E-state index in [4.69, 9.17) is 0 Å². The third-order valence-electron chi connectivity index (χ3n) is 2.63. The molecule has 0 atom stereocenters. The zero-order chi connectivity index (χ0) is 12.3. The van der Waals surface area contributed by atoms with Crippen molar-refractivity contribution in [2.24, 2.45) is 0 Å². The molecular formula is C14H15NOS. The van der Waals surface area contributed by atoms with Gasteiger partial charge >= 0.3 is 0 Å². The summed E-state index contributed by atoms with van der Waals surface area (Å²) in [5.41, 5.74) is 2.59. The number of benzene rings is 1. The quantitative estimate of drug-likeness (QED) is 0.828. The summed E-state index contributed by atoms with van der Waals surface area (Å²) in [6.07, 6.45) is 3.18. The number of hydrogen-bond donors (Lipinski definition) is 0. The molecule has 0 saturated heterocycles. The highest BCUT2D eigenvalue weighted by molar-refractivity contribution is 7.11. The van der Waals surface area contributed by atoms with E-state index in [-0.39, 0.29) is 5.78 Å². The first-order chi connectivity index (χ1) is 8.15. The molecule has 0 radical (unpaired) electrons. The van der Waals surface area contributed by atoms with Gasteiger partial charge < -0.3 is 0 Å². The zero-order valence-corrected chi connectivity index (χ0v) is 10.9. The van der Waals surface area contributed by atoms with Crippen LogP contribution in [-0.4, -0.2) is 10.8 Å².